The van der Waals surface area contributed by atoms with Gasteiger partial charge in [0.05, 0.1) is 5.92 Å². The molecule has 1 aromatic carbocycles. The van der Waals surface area contributed by atoms with E-state index in [0.717, 1.165) is 32.4 Å². The van der Waals surface area contributed by atoms with Crippen molar-refractivity contribution in [1.82, 2.24) is 4.90 Å². The van der Waals surface area contributed by atoms with Gasteiger partial charge in [-0.15, -0.1) is 0 Å². The van der Waals surface area contributed by atoms with Crippen LogP contribution in [0.15, 0.2) is 18.2 Å². The molecule has 1 saturated heterocycles. The third-order valence-corrected chi connectivity index (χ3v) is 4.52. The van der Waals surface area contributed by atoms with Crippen LogP contribution in [0.25, 0.3) is 0 Å². The molecule has 2 rings (SSSR count). The number of nitrogens with two attached hydrogens (primary N) is 1. The van der Waals surface area contributed by atoms with Crippen molar-refractivity contribution in [2.75, 3.05) is 19.6 Å². The Morgan fingerprint density at radius 3 is 2.43 bits per heavy atom. The summed E-state index contributed by atoms with van der Waals surface area (Å²) in [5.41, 5.74) is 9.67. The molecule has 21 heavy (non-hydrogen) atoms. The molecule has 0 spiro atoms. The molecule has 0 radical (unpaired) electrons. The van der Waals surface area contributed by atoms with Crippen LogP contribution in [0.5, 0.6) is 0 Å². The number of benzene rings is 1. The number of hydrogen-bond acceptors (Lipinski definition) is 2. The molecule has 0 bridgehead atoms. The Labute approximate surface area is 128 Å². The molecule has 1 amide bonds. The van der Waals surface area contributed by atoms with Crippen LogP contribution in [0.4, 0.5) is 0 Å². The van der Waals surface area contributed by atoms with E-state index in [1.54, 1.807) is 0 Å². The summed E-state index contributed by atoms with van der Waals surface area (Å²) in [5, 5.41) is 0. The quantitative estimate of drug-likeness (QED) is 0.926. The minimum Gasteiger partial charge on any atom is -0.342 e. The molecule has 1 aliphatic heterocycles. The van der Waals surface area contributed by atoms with Gasteiger partial charge in [0, 0.05) is 19.6 Å². The summed E-state index contributed by atoms with van der Waals surface area (Å²) >= 11 is 0. The first-order chi connectivity index (χ1) is 10.1. The number of carbonyl (C=O) groups is 1. The first-order valence-corrected chi connectivity index (χ1v) is 8.17. The zero-order valence-electron chi connectivity index (χ0n) is 13.4. The fraction of sp³-hybridized carbons (Fsp3) is 0.611. The molecule has 3 heteroatoms. The Balaban J connectivity index is 2.05. The molecule has 116 valence electrons. The van der Waals surface area contributed by atoms with E-state index < -0.39 is 0 Å². The molecule has 1 unspecified atom stereocenters. The van der Waals surface area contributed by atoms with Gasteiger partial charge in [-0.05, 0) is 44.2 Å². The van der Waals surface area contributed by atoms with Gasteiger partial charge in [-0.3, -0.25) is 4.79 Å². The number of aryl methyl sites for hydroxylation is 2. The van der Waals surface area contributed by atoms with E-state index in [0.29, 0.717) is 6.54 Å². The lowest BCUT2D eigenvalue weighted by Gasteiger charge is -2.26. The van der Waals surface area contributed by atoms with Gasteiger partial charge in [0.25, 0.3) is 0 Å². The molecule has 0 aromatic heterocycles. The van der Waals surface area contributed by atoms with Gasteiger partial charge in [0.1, 0.15) is 0 Å². The van der Waals surface area contributed by atoms with E-state index in [4.69, 9.17) is 5.73 Å². The Morgan fingerprint density at radius 2 is 1.86 bits per heavy atom. The minimum absolute atomic E-state index is 0.0792. The Hall–Kier alpha value is -1.35. The number of amides is 1. The van der Waals surface area contributed by atoms with Crippen molar-refractivity contribution in [1.29, 1.82) is 0 Å². The van der Waals surface area contributed by atoms with Crippen molar-refractivity contribution in [2.24, 2.45) is 11.7 Å². The second-order valence-corrected chi connectivity index (χ2v) is 6.31. The fourth-order valence-corrected chi connectivity index (χ4v) is 3.16. The highest BCUT2D eigenvalue weighted by atomic mass is 16.2. The number of hydrogen-bond donors (Lipinski definition) is 1. The van der Waals surface area contributed by atoms with Gasteiger partial charge >= 0.3 is 0 Å². The van der Waals surface area contributed by atoms with Gasteiger partial charge in [0.15, 0.2) is 0 Å². The zero-order chi connectivity index (χ0) is 15.2. The standard InChI is InChI=1S/C18H28N2O/c1-14-7-8-16(15(2)11-14)12-17(13-19)18(21)20-9-5-3-4-6-10-20/h7-8,11,17H,3-6,9-10,12-13,19H2,1-2H3. The van der Waals surface area contributed by atoms with Gasteiger partial charge in [0.2, 0.25) is 5.91 Å². The molecule has 0 saturated carbocycles. The van der Waals surface area contributed by atoms with Crippen LogP contribution in [0.1, 0.15) is 42.4 Å². The van der Waals surface area contributed by atoms with Gasteiger partial charge < -0.3 is 10.6 Å². The monoisotopic (exact) mass is 288 g/mol. The highest BCUT2D eigenvalue weighted by Gasteiger charge is 2.24. The summed E-state index contributed by atoms with van der Waals surface area (Å²) in [6, 6.07) is 6.44. The zero-order valence-corrected chi connectivity index (χ0v) is 13.4. The molecule has 2 N–H and O–H groups in total. The first kappa shape index (κ1) is 16.0. The highest BCUT2D eigenvalue weighted by Crippen LogP contribution is 2.18. The largest absolute Gasteiger partial charge is 0.342 e. The maximum atomic E-state index is 12.7. The van der Waals surface area contributed by atoms with Crippen LogP contribution >= 0.6 is 0 Å². The Morgan fingerprint density at radius 1 is 1.19 bits per heavy atom. The first-order valence-electron chi connectivity index (χ1n) is 8.17. The van der Waals surface area contributed by atoms with Crippen molar-refractivity contribution in [3.05, 3.63) is 34.9 Å². The highest BCUT2D eigenvalue weighted by molar-refractivity contribution is 5.79. The van der Waals surface area contributed by atoms with Crippen molar-refractivity contribution in [3.8, 4) is 0 Å². The molecular formula is C18H28N2O. The summed E-state index contributed by atoms with van der Waals surface area (Å²) in [7, 11) is 0. The fourth-order valence-electron chi connectivity index (χ4n) is 3.16. The molecule has 1 aromatic rings. The van der Waals surface area contributed by atoms with Crippen LogP contribution in [-0.2, 0) is 11.2 Å². The van der Waals surface area contributed by atoms with Gasteiger partial charge in [-0.1, -0.05) is 36.6 Å². The number of nitrogens with zero attached hydrogens (tertiary/aromatic N) is 1. The summed E-state index contributed by atoms with van der Waals surface area (Å²) in [5.74, 6) is 0.170. The van der Waals surface area contributed by atoms with Crippen LogP contribution in [-0.4, -0.2) is 30.4 Å². The molecule has 0 aliphatic carbocycles. The molecule has 1 aliphatic rings. The third-order valence-electron chi connectivity index (χ3n) is 4.52. The van der Waals surface area contributed by atoms with Crippen molar-refractivity contribution in [3.63, 3.8) is 0 Å². The van der Waals surface area contributed by atoms with Crippen LogP contribution < -0.4 is 5.73 Å². The molecule has 3 nitrogen and oxygen atoms in total. The number of rotatable bonds is 4. The van der Waals surface area contributed by atoms with E-state index in [1.807, 2.05) is 4.90 Å². The summed E-state index contributed by atoms with van der Waals surface area (Å²) < 4.78 is 0. The van der Waals surface area contributed by atoms with Gasteiger partial charge in [-0.2, -0.15) is 0 Å². The lowest BCUT2D eigenvalue weighted by Crippen LogP contribution is -2.40. The van der Waals surface area contributed by atoms with Crippen molar-refractivity contribution >= 4 is 5.91 Å². The summed E-state index contributed by atoms with van der Waals surface area (Å²) in [6.45, 7) is 6.46. The lowest BCUT2D eigenvalue weighted by molar-refractivity contribution is -0.135. The van der Waals surface area contributed by atoms with Crippen molar-refractivity contribution < 1.29 is 4.79 Å². The summed E-state index contributed by atoms with van der Waals surface area (Å²) in [6.07, 6.45) is 5.51. The van der Waals surface area contributed by atoms with E-state index >= 15 is 0 Å². The second kappa shape index (κ2) is 7.60. The topological polar surface area (TPSA) is 46.3 Å². The number of carbonyl (C=O) groups excluding carboxylic acids is 1. The molecule has 1 fully saturated rings. The summed E-state index contributed by atoms with van der Waals surface area (Å²) in [4.78, 5) is 14.7. The predicted octanol–water partition coefficient (Wildman–Crippen LogP) is 2.82. The lowest BCUT2D eigenvalue weighted by atomic mass is 9.94. The smallest absolute Gasteiger partial charge is 0.227 e. The average molecular weight is 288 g/mol. The van der Waals surface area contributed by atoms with E-state index in [1.165, 1.54) is 29.5 Å². The second-order valence-electron chi connectivity index (χ2n) is 6.31. The predicted molar refractivity (Wildman–Crippen MR) is 87.2 cm³/mol. The Kier molecular flexibility index (Phi) is 5.80. The van der Waals surface area contributed by atoms with E-state index in [9.17, 15) is 4.79 Å². The average Bonchev–Trinajstić information content (AvgIpc) is 2.75. The normalized spacial score (nSPS) is 17.4. The minimum atomic E-state index is -0.0792. The van der Waals surface area contributed by atoms with Crippen LogP contribution in [0.2, 0.25) is 0 Å². The van der Waals surface area contributed by atoms with Crippen LogP contribution in [0, 0.1) is 19.8 Å². The molecule has 1 atom stereocenters. The SMILES string of the molecule is Cc1ccc(CC(CN)C(=O)N2CCCCCC2)c(C)c1. The maximum absolute atomic E-state index is 12.7. The van der Waals surface area contributed by atoms with Crippen LogP contribution in [0.3, 0.4) is 0 Å². The third kappa shape index (κ3) is 4.31. The molecule has 1 heterocycles. The number of likely N-dealkylation sites (tertiary alicyclic amines) is 1. The maximum Gasteiger partial charge on any atom is 0.227 e. The van der Waals surface area contributed by atoms with Crippen molar-refractivity contribution in [2.45, 2.75) is 46.0 Å². The molecular weight excluding hydrogens is 260 g/mol. The van der Waals surface area contributed by atoms with E-state index in [-0.39, 0.29) is 11.8 Å². The Bertz CT molecular complexity index is 476. The van der Waals surface area contributed by atoms with Gasteiger partial charge in [-0.25, -0.2) is 0 Å². The van der Waals surface area contributed by atoms with E-state index in [2.05, 4.69) is 32.0 Å².